The quantitative estimate of drug-likeness (QED) is 0.298. The fraction of sp³-hybridized carbons (Fsp3) is 0.406. The number of carbonyl (C=O) groups excluding carboxylic acids is 3. The Bertz CT molecular complexity index is 1290. The summed E-state index contributed by atoms with van der Waals surface area (Å²) in [6, 6.07) is 19.6. The molecule has 4 rings (SSSR count). The first kappa shape index (κ1) is 30.8. The highest BCUT2D eigenvalue weighted by Gasteiger charge is 2.23. The van der Waals surface area contributed by atoms with Crippen LogP contribution in [0.3, 0.4) is 0 Å². The molecule has 10 nitrogen and oxygen atoms in total. The Balaban J connectivity index is 1.46. The Morgan fingerprint density at radius 3 is 2.33 bits per heavy atom. The summed E-state index contributed by atoms with van der Waals surface area (Å²) in [6.07, 6.45) is 0.707. The van der Waals surface area contributed by atoms with E-state index in [-0.39, 0.29) is 25.1 Å². The van der Waals surface area contributed by atoms with Crippen molar-refractivity contribution >= 4 is 23.6 Å². The van der Waals surface area contributed by atoms with Crippen molar-refractivity contribution in [2.24, 2.45) is 0 Å². The Hall–Kier alpha value is -4.15. The lowest BCUT2D eigenvalue weighted by Gasteiger charge is -2.30. The van der Waals surface area contributed by atoms with Crippen LogP contribution in [0.5, 0.6) is 0 Å². The summed E-state index contributed by atoms with van der Waals surface area (Å²) in [5.41, 5.74) is 1.90. The van der Waals surface area contributed by atoms with Gasteiger partial charge in [0, 0.05) is 38.4 Å². The SMILES string of the molecule is CCOC(=O)c1ccc(NC(=O)N(CCCN2CCOCC2)CC(=O)N(Cc2ccccc2)Cc2ccc(C)o2)cc1. The first-order chi connectivity index (χ1) is 20.4. The number of morpholine rings is 1. The monoisotopic (exact) mass is 576 g/mol. The van der Waals surface area contributed by atoms with Crippen molar-refractivity contribution in [1.29, 1.82) is 0 Å². The van der Waals surface area contributed by atoms with E-state index in [1.807, 2.05) is 49.4 Å². The van der Waals surface area contributed by atoms with Crippen molar-refractivity contribution in [1.82, 2.24) is 14.7 Å². The lowest BCUT2D eigenvalue weighted by Crippen LogP contribution is -2.45. The topological polar surface area (TPSA) is 105 Å². The summed E-state index contributed by atoms with van der Waals surface area (Å²) >= 11 is 0. The second-order valence-electron chi connectivity index (χ2n) is 10.2. The molecule has 0 radical (unpaired) electrons. The predicted octanol–water partition coefficient (Wildman–Crippen LogP) is 4.55. The second kappa shape index (κ2) is 15.7. The van der Waals surface area contributed by atoms with Gasteiger partial charge in [0.25, 0.3) is 0 Å². The molecule has 2 aromatic carbocycles. The normalized spacial score (nSPS) is 13.4. The van der Waals surface area contributed by atoms with Gasteiger partial charge in [-0.2, -0.15) is 0 Å². The molecule has 1 fully saturated rings. The number of nitrogens with one attached hydrogen (secondary N) is 1. The van der Waals surface area contributed by atoms with Crippen molar-refractivity contribution in [2.75, 3.05) is 57.9 Å². The van der Waals surface area contributed by atoms with Gasteiger partial charge in [-0.05, 0) is 62.2 Å². The van der Waals surface area contributed by atoms with Crippen LogP contribution in [-0.4, -0.2) is 85.2 Å². The number of amides is 3. The van der Waals surface area contributed by atoms with Crippen molar-refractivity contribution in [3.63, 3.8) is 0 Å². The predicted molar refractivity (Wildman–Crippen MR) is 159 cm³/mol. The van der Waals surface area contributed by atoms with Crippen LogP contribution in [0.1, 0.15) is 40.8 Å². The summed E-state index contributed by atoms with van der Waals surface area (Å²) in [5.74, 6) is 0.847. The van der Waals surface area contributed by atoms with Gasteiger partial charge >= 0.3 is 12.0 Å². The molecule has 1 aliphatic rings. The van der Waals surface area contributed by atoms with Crippen LogP contribution in [0.15, 0.2) is 71.1 Å². The number of rotatable bonds is 13. The molecule has 3 aromatic rings. The van der Waals surface area contributed by atoms with Crippen LogP contribution in [0.4, 0.5) is 10.5 Å². The van der Waals surface area contributed by atoms with Gasteiger partial charge in [0.1, 0.15) is 18.1 Å². The molecule has 1 aromatic heterocycles. The summed E-state index contributed by atoms with van der Waals surface area (Å²) in [5, 5.41) is 2.89. The van der Waals surface area contributed by atoms with E-state index in [4.69, 9.17) is 13.9 Å². The van der Waals surface area contributed by atoms with Crippen molar-refractivity contribution in [3.8, 4) is 0 Å². The largest absolute Gasteiger partial charge is 0.464 e. The van der Waals surface area contributed by atoms with Crippen molar-refractivity contribution in [2.45, 2.75) is 33.4 Å². The zero-order chi connectivity index (χ0) is 29.7. The minimum atomic E-state index is -0.420. The first-order valence-corrected chi connectivity index (χ1v) is 14.4. The third kappa shape index (κ3) is 9.46. The molecular formula is C32H40N4O6. The average Bonchev–Trinajstić information content (AvgIpc) is 3.42. The van der Waals surface area contributed by atoms with Crippen molar-refractivity contribution in [3.05, 3.63) is 89.4 Å². The Morgan fingerprint density at radius 1 is 0.929 bits per heavy atom. The van der Waals surface area contributed by atoms with Crippen LogP contribution in [-0.2, 0) is 27.4 Å². The lowest BCUT2D eigenvalue weighted by molar-refractivity contribution is -0.133. The summed E-state index contributed by atoms with van der Waals surface area (Å²) in [6.45, 7) is 8.79. The molecule has 0 atom stereocenters. The van der Waals surface area contributed by atoms with Crippen LogP contribution in [0.25, 0.3) is 0 Å². The average molecular weight is 577 g/mol. The molecule has 42 heavy (non-hydrogen) atoms. The number of benzene rings is 2. The maximum atomic E-state index is 13.8. The van der Waals surface area contributed by atoms with Gasteiger partial charge in [0.05, 0.1) is 31.9 Å². The number of aryl methyl sites for hydroxylation is 1. The number of esters is 1. The maximum Gasteiger partial charge on any atom is 0.338 e. The van der Waals surface area contributed by atoms with E-state index < -0.39 is 5.97 Å². The number of ether oxygens (including phenoxy) is 2. The minimum absolute atomic E-state index is 0.0949. The van der Waals surface area contributed by atoms with Gasteiger partial charge in [-0.1, -0.05) is 30.3 Å². The molecule has 0 bridgehead atoms. The number of urea groups is 1. The number of hydrogen-bond donors (Lipinski definition) is 1. The molecular weight excluding hydrogens is 536 g/mol. The minimum Gasteiger partial charge on any atom is -0.464 e. The highest BCUT2D eigenvalue weighted by atomic mass is 16.5. The molecule has 10 heteroatoms. The summed E-state index contributed by atoms with van der Waals surface area (Å²) < 4.78 is 16.3. The number of nitrogens with zero attached hydrogens (tertiary/aromatic N) is 3. The third-order valence-electron chi connectivity index (χ3n) is 6.98. The van der Waals surface area contributed by atoms with E-state index in [0.29, 0.717) is 56.3 Å². The molecule has 1 aliphatic heterocycles. The van der Waals surface area contributed by atoms with E-state index in [0.717, 1.165) is 31.0 Å². The first-order valence-electron chi connectivity index (χ1n) is 14.4. The zero-order valence-corrected chi connectivity index (χ0v) is 24.4. The molecule has 0 spiro atoms. The van der Waals surface area contributed by atoms with E-state index in [1.165, 1.54) is 0 Å². The molecule has 0 unspecified atom stereocenters. The van der Waals surface area contributed by atoms with Crippen LogP contribution < -0.4 is 5.32 Å². The molecule has 0 saturated carbocycles. The Labute approximate surface area is 247 Å². The van der Waals surface area contributed by atoms with Gasteiger partial charge in [0.15, 0.2) is 0 Å². The maximum absolute atomic E-state index is 13.8. The van der Waals surface area contributed by atoms with Gasteiger partial charge < -0.3 is 29.0 Å². The molecule has 224 valence electrons. The molecule has 1 N–H and O–H groups in total. The third-order valence-corrected chi connectivity index (χ3v) is 6.98. The molecule has 1 saturated heterocycles. The van der Waals surface area contributed by atoms with E-state index in [9.17, 15) is 14.4 Å². The molecule has 2 heterocycles. The highest BCUT2D eigenvalue weighted by Crippen LogP contribution is 2.16. The van der Waals surface area contributed by atoms with Crippen molar-refractivity contribution < 1.29 is 28.3 Å². The van der Waals surface area contributed by atoms with Gasteiger partial charge in [-0.15, -0.1) is 0 Å². The van der Waals surface area contributed by atoms with E-state index in [2.05, 4.69) is 10.2 Å². The van der Waals surface area contributed by atoms with Crippen LogP contribution in [0, 0.1) is 6.92 Å². The number of furan rings is 1. The fourth-order valence-corrected chi connectivity index (χ4v) is 4.73. The number of hydrogen-bond acceptors (Lipinski definition) is 7. The molecule has 0 aliphatic carbocycles. The Kier molecular flexibility index (Phi) is 11.5. The van der Waals surface area contributed by atoms with Gasteiger partial charge in [-0.25, -0.2) is 9.59 Å². The van der Waals surface area contributed by atoms with E-state index in [1.54, 1.807) is 41.0 Å². The summed E-state index contributed by atoms with van der Waals surface area (Å²) in [7, 11) is 0. The Morgan fingerprint density at radius 2 is 1.67 bits per heavy atom. The zero-order valence-electron chi connectivity index (χ0n) is 24.4. The number of anilines is 1. The standard InChI is InChI=1S/C32H40N4O6/c1-3-41-31(38)27-11-13-28(14-12-27)33-32(39)35(17-7-16-34-18-20-40-21-19-34)24-30(37)36(22-26-8-5-4-6-9-26)23-29-15-10-25(2)42-29/h4-6,8-15H,3,7,16-24H2,1-2H3,(H,33,39). The van der Waals surface area contributed by atoms with Gasteiger partial charge in [0.2, 0.25) is 5.91 Å². The van der Waals surface area contributed by atoms with Crippen LogP contribution in [0.2, 0.25) is 0 Å². The lowest BCUT2D eigenvalue weighted by atomic mass is 10.2. The molecule has 3 amide bonds. The van der Waals surface area contributed by atoms with Crippen LogP contribution >= 0.6 is 0 Å². The highest BCUT2D eigenvalue weighted by molar-refractivity contribution is 5.94. The number of carbonyl (C=O) groups is 3. The van der Waals surface area contributed by atoms with Gasteiger partial charge in [-0.3, -0.25) is 9.69 Å². The second-order valence-corrected chi connectivity index (χ2v) is 10.2. The summed E-state index contributed by atoms with van der Waals surface area (Å²) in [4.78, 5) is 44.8. The van der Waals surface area contributed by atoms with E-state index >= 15 is 0 Å². The smallest absolute Gasteiger partial charge is 0.338 e. The fourth-order valence-electron chi connectivity index (χ4n) is 4.73.